The van der Waals surface area contributed by atoms with Crippen molar-refractivity contribution >= 4 is 16.9 Å². The molecule has 0 bridgehead atoms. The summed E-state index contributed by atoms with van der Waals surface area (Å²) in [6.45, 7) is 3.58. The van der Waals surface area contributed by atoms with Gasteiger partial charge < -0.3 is 9.47 Å². The van der Waals surface area contributed by atoms with E-state index in [0.29, 0.717) is 31.6 Å². The molecule has 0 spiro atoms. The van der Waals surface area contributed by atoms with Crippen LogP contribution in [0.4, 0.5) is 5.95 Å². The quantitative estimate of drug-likeness (QED) is 0.456. The summed E-state index contributed by atoms with van der Waals surface area (Å²) in [6.07, 6.45) is 0. The van der Waals surface area contributed by atoms with Gasteiger partial charge in [-0.2, -0.15) is 4.98 Å². The molecule has 1 aromatic heterocycles. The van der Waals surface area contributed by atoms with Crippen molar-refractivity contribution in [3.8, 4) is 5.88 Å². The fraction of sp³-hybridized carbons (Fsp3) is 0.333. The molecule has 0 atom stereocenters. The van der Waals surface area contributed by atoms with Crippen LogP contribution in [-0.2, 0) is 4.74 Å². The van der Waals surface area contributed by atoms with Gasteiger partial charge in [0.15, 0.2) is 0 Å². The minimum absolute atomic E-state index is 0.333. The van der Waals surface area contributed by atoms with Crippen molar-refractivity contribution in [2.24, 2.45) is 5.84 Å². The van der Waals surface area contributed by atoms with Crippen molar-refractivity contribution in [2.45, 2.75) is 6.92 Å². The number of nitrogens with zero attached hydrogens (tertiary/aromatic N) is 2. The van der Waals surface area contributed by atoms with E-state index in [-0.39, 0.29) is 0 Å². The van der Waals surface area contributed by atoms with Gasteiger partial charge in [-0.1, -0.05) is 12.1 Å². The lowest BCUT2D eigenvalue weighted by molar-refractivity contribution is 0.109. The zero-order valence-electron chi connectivity index (χ0n) is 10.2. The highest BCUT2D eigenvalue weighted by Gasteiger charge is 2.07. The van der Waals surface area contributed by atoms with Crippen LogP contribution in [0, 0.1) is 0 Å². The minimum Gasteiger partial charge on any atom is -0.475 e. The number of anilines is 1. The van der Waals surface area contributed by atoms with Crippen molar-refractivity contribution in [3.63, 3.8) is 0 Å². The second-order valence-electron chi connectivity index (χ2n) is 3.56. The molecule has 0 fully saturated rings. The van der Waals surface area contributed by atoms with Crippen LogP contribution in [0.2, 0.25) is 0 Å². The highest BCUT2D eigenvalue weighted by molar-refractivity contribution is 5.84. The van der Waals surface area contributed by atoms with Gasteiger partial charge in [-0.25, -0.2) is 10.8 Å². The molecule has 0 unspecified atom stereocenters. The first kappa shape index (κ1) is 12.5. The molecule has 6 heteroatoms. The van der Waals surface area contributed by atoms with E-state index in [1.165, 1.54) is 0 Å². The zero-order valence-corrected chi connectivity index (χ0v) is 10.2. The molecule has 2 rings (SSSR count). The molecule has 2 aromatic rings. The predicted octanol–water partition coefficient (Wildman–Crippen LogP) is 1.33. The molecular weight excluding hydrogens is 232 g/mol. The Hall–Kier alpha value is -1.92. The Bertz CT molecular complexity index is 518. The van der Waals surface area contributed by atoms with E-state index in [9.17, 15) is 0 Å². The van der Waals surface area contributed by atoms with E-state index in [1.807, 2.05) is 31.2 Å². The van der Waals surface area contributed by atoms with E-state index in [1.54, 1.807) is 0 Å². The summed E-state index contributed by atoms with van der Waals surface area (Å²) in [5, 5.41) is 0.855. The number of rotatable bonds is 6. The number of fused-ring (bicyclic) bond motifs is 1. The van der Waals surface area contributed by atoms with Crippen molar-refractivity contribution in [1.29, 1.82) is 0 Å². The lowest BCUT2D eigenvalue weighted by Crippen LogP contribution is -2.13. The Kier molecular flexibility index (Phi) is 4.27. The van der Waals surface area contributed by atoms with Crippen LogP contribution in [0.5, 0.6) is 5.88 Å². The summed E-state index contributed by atoms with van der Waals surface area (Å²) in [5.74, 6) is 6.17. The normalized spacial score (nSPS) is 10.6. The van der Waals surface area contributed by atoms with Gasteiger partial charge in [0.1, 0.15) is 6.61 Å². The first-order valence-electron chi connectivity index (χ1n) is 5.79. The lowest BCUT2D eigenvalue weighted by Gasteiger charge is -2.09. The molecule has 3 N–H and O–H groups in total. The van der Waals surface area contributed by atoms with Gasteiger partial charge in [-0.15, -0.1) is 0 Å². The van der Waals surface area contributed by atoms with Crippen molar-refractivity contribution < 1.29 is 9.47 Å². The number of nitrogens with two attached hydrogens (primary N) is 1. The highest BCUT2D eigenvalue weighted by atomic mass is 16.5. The summed E-state index contributed by atoms with van der Waals surface area (Å²) in [5.41, 5.74) is 3.21. The molecule has 0 radical (unpaired) electrons. The number of hydrogen-bond donors (Lipinski definition) is 2. The van der Waals surface area contributed by atoms with E-state index in [4.69, 9.17) is 15.3 Å². The number of hydrazine groups is 1. The SMILES string of the molecule is CCOCCOc1nc(NN)nc2ccccc12. The zero-order chi connectivity index (χ0) is 12.8. The summed E-state index contributed by atoms with van der Waals surface area (Å²) in [4.78, 5) is 8.43. The molecule has 96 valence electrons. The first-order chi connectivity index (χ1) is 8.85. The molecule has 0 aliphatic carbocycles. The summed E-state index contributed by atoms with van der Waals surface area (Å²) in [7, 11) is 0. The van der Waals surface area contributed by atoms with E-state index >= 15 is 0 Å². The van der Waals surface area contributed by atoms with Crippen LogP contribution in [0.1, 0.15) is 6.92 Å². The van der Waals surface area contributed by atoms with Crippen LogP contribution in [0.15, 0.2) is 24.3 Å². The summed E-state index contributed by atoms with van der Waals surface area (Å²) < 4.78 is 10.8. The number of nitrogens with one attached hydrogen (secondary N) is 1. The van der Waals surface area contributed by atoms with Crippen molar-refractivity contribution in [1.82, 2.24) is 9.97 Å². The molecule has 1 aromatic carbocycles. The molecule has 0 saturated carbocycles. The number of hydrogen-bond acceptors (Lipinski definition) is 6. The number of ether oxygens (including phenoxy) is 2. The molecule has 0 aliphatic heterocycles. The van der Waals surface area contributed by atoms with Gasteiger partial charge in [0, 0.05) is 6.61 Å². The molecule has 0 saturated heterocycles. The number of para-hydroxylation sites is 1. The van der Waals surface area contributed by atoms with Gasteiger partial charge in [-0.05, 0) is 19.1 Å². The standard InChI is InChI=1S/C12H16N4O2/c1-2-17-7-8-18-11-9-5-3-4-6-10(9)14-12(15-11)16-13/h3-6H,2,7-8,13H2,1H3,(H,14,15,16). The maximum absolute atomic E-state index is 5.59. The predicted molar refractivity (Wildman–Crippen MR) is 69.3 cm³/mol. The minimum atomic E-state index is 0.333. The first-order valence-corrected chi connectivity index (χ1v) is 5.79. The Morgan fingerprint density at radius 2 is 2.06 bits per heavy atom. The molecule has 0 amide bonds. The second kappa shape index (κ2) is 6.13. The van der Waals surface area contributed by atoms with E-state index < -0.39 is 0 Å². The van der Waals surface area contributed by atoms with Gasteiger partial charge in [0.05, 0.1) is 17.5 Å². The lowest BCUT2D eigenvalue weighted by atomic mass is 10.2. The fourth-order valence-corrected chi connectivity index (χ4v) is 1.56. The fourth-order valence-electron chi connectivity index (χ4n) is 1.56. The maximum Gasteiger partial charge on any atom is 0.241 e. The molecule has 0 aliphatic rings. The Labute approximate surface area is 105 Å². The maximum atomic E-state index is 5.59. The Balaban J connectivity index is 2.23. The monoisotopic (exact) mass is 248 g/mol. The second-order valence-corrected chi connectivity index (χ2v) is 3.56. The van der Waals surface area contributed by atoms with Gasteiger partial charge in [0.2, 0.25) is 11.8 Å². The van der Waals surface area contributed by atoms with E-state index in [2.05, 4.69) is 15.4 Å². The third-order valence-corrected chi connectivity index (χ3v) is 2.37. The van der Waals surface area contributed by atoms with Crippen LogP contribution >= 0.6 is 0 Å². The van der Waals surface area contributed by atoms with Gasteiger partial charge in [0.25, 0.3) is 0 Å². The highest BCUT2D eigenvalue weighted by Crippen LogP contribution is 2.23. The molecule has 1 heterocycles. The van der Waals surface area contributed by atoms with Crippen LogP contribution in [-0.4, -0.2) is 29.8 Å². The summed E-state index contributed by atoms with van der Waals surface area (Å²) >= 11 is 0. The third kappa shape index (κ3) is 2.85. The Morgan fingerprint density at radius 1 is 1.22 bits per heavy atom. The average Bonchev–Trinajstić information content (AvgIpc) is 2.43. The largest absolute Gasteiger partial charge is 0.475 e. The van der Waals surface area contributed by atoms with Gasteiger partial charge in [-0.3, -0.25) is 5.43 Å². The Morgan fingerprint density at radius 3 is 2.83 bits per heavy atom. The number of aromatic nitrogens is 2. The average molecular weight is 248 g/mol. The summed E-state index contributed by atoms with van der Waals surface area (Å²) in [6, 6.07) is 7.61. The topological polar surface area (TPSA) is 82.3 Å². The smallest absolute Gasteiger partial charge is 0.241 e. The van der Waals surface area contributed by atoms with Crippen LogP contribution in [0.25, 0.3) is 10.9 Å². The van der Waals surface area contributed by atoms with Crippen LogP contribution in [0.3, 0.4) is 0 Å². The van der Waals surface area contributed by atoms with Crippen LogP contribution < -0.4 is 16.0 Å². The van der Waals surface area contributed by atoms with E-state index in [0.717, 1.165) is 10.9 Å². The number of benzene rings is 1. The molecule has 6 nitrogen and oxygen atoms in total. The van der Waals surface area contributed by atoms with Crippen molar-refractivity contribution in [2.75, 3.05) is 25.2 Å². The third-order valence-electron chi connectivity index (χ3n) is 2.37. The van der Waals surface area contributed by atoms with Crippen molar-refractivity contribution in [3.05, 3.63) is 24.3 Å². The van der Waals surface area contributed by atoms with Gasteiger partial charge >= 0.3 is 0 Å². The number of nitrogen functional groups attached to an aromatic ring is 1. The molecular formula is C12H16N4O2. The molecule has 18 heavy (non-hydrogen) atoms.